The molecule has 0 saturated heterocycles. The zero-order chi connectivity index (χ0) is 23.1. The molecule has 0 radical (unpaired) electrons. The molecule has 1 fully saturated rings. The molecule has 0 aliphatic heterocycles. The Morgan fingerprint density at radius 3 is 1.84 bits per heavy atom. The van der Waals surface area contributed by atoms with Crippen LogP contribution in [0.4, 0.5) is 0 Å². The summed E-state index contributed by atoms with van der Waals surface area (Å²) >= 11 is 0. The van der Waals surface area contributed by atoms with Crippen LogP contribution in [0.3, 0.4) is 0 Å². The Hall–Kier alpha value is -2.75. The van der Waals surface area contributed by atoms with E-state index < -0.39 is 16.7 Å². The van der Waals surface area contributed by atoms with Crippen molar-refractivity contribution in [3.63, 3.8) is 0 Å². The van der Waals surface area contributed by atoms with Crippen LogP contribution in [0.5, 0.6) is 5.75 Å². The number of aryl methyl sites for hydroxylation is 1. The number of hydrogen-bond donors (Lipinski definition) is 0. The highest BCUT2D eigenvalue weighted by molar-refractivity contribution is 6.30. The maximum Gasteiger partial charge on any atom is 0.160 e. The molecule has 0 unspecified atom stereocenters. The van der Waals surface area contributed by atoms with Crippen LogP contribution in [-0.2, 0) is 20.8 Å². The number of ketones is 3. The fourth-order valence-electron chi connectivity index (χ4n) is 4.49. The van der Waals surface area contributed by atoms with E-state index in [4.69, 9.17) is 4.74 Å². The molecule has 0 atom stereocenters. The molecule has 1 aliphatic rings. The third-order valence-corrected chi connectivity index (χ3v) is 6.29. The second-order valence-corrected chi connectivity index (χ2v) is 9.70. The molecule has 31 heavy (non-hydrogen) atoms. The van der Waals surface area contributed by atoms with Crippen LogP contribution in [0.15, 0.2) is 42.5 Å². The number of carbonyl (C=O) groups is 3. The first-order valence-electron chi connectivity index (χ1n) is 10.9. The monoisotopic (exact) mass is 420 g/mol. The van der Waals surface area contributed by atoms with Crippen molar-refractivity contribution < 1.29 is 19.1 Å². The highest BCUT2D eigenvalue weighted by Gasteiger charge is 2.58. The Morgan fingerprint density at radius 2 is 1.35 bits per heavy atom. The molecular weight excluding hydrogens is 388 g/mol. The lowest BCUT2D eigenvalue weighted by Gasteiger charge is -2.41. The molecular formula is C27H32O4. The van der Waals surface area contributed by atoms with Gasteiger partial charge in [0.2, 0.25) is 0 Å². The van der Waals surface area contributed by atoms with Gasteiger partial charge in [-0.3, -0.25) is 14.4 Å². The molecule has 0 amide bonds. The second kappa shape index (κ2) is 8.07. The fraction of sp³-hybridized carbons (Fsp3) is 0.444. The maximum absolute atomic E-state index is 13.4. The van der Waals surface area contributed by atoms with Crippen LogP contribution >= 0.6 is 0 Å². The molecule has 3 rings (SSSR count). The predicted octanol–water partition coefficient (Wildman–Crippen LogP) is 5.56. The van der Waals surface area contributed by atoms with Crippen LogP contribution in [-0.4, -0.2) is 23.5 Å². The van der Waals surface area contributed by atoms with Gasteiger partial charge in [0.05, 0.1) is 16.9 Å². The van der Waals surface area contributed by atoms with Gasteiger partial charge in [-0.1, -0.05) is 31.2 Å². The Labute approximate surface area is 185 Å². The SMILES string of the molecule is CCc1ccc(-c2ccc(OC(C)C)cc2)cc1C1C(=O)C(C)(C)C(=O)C(C)(C)C1=O. The summed E-state index contributed by atoms with van der Waals surface area (Å²) in [6, 6.07) is 13.7. The van der Waals surface area contributed by atoms with E-state index in [-0.39, 0.29) is 23.5 Å². The van der Waals surface area contributed by atoms with E-state index in [0.717, 1.165) is 22.4 Å². The lowest BCUT2D eigenvalue weighted by atomic mass is 9.57. The van der Waals surface area contributed by atoms with Gasteiger partial charge in [0.25, 0.3) is 0 Å². The van der Waals surface area contributed by atoms with Gasteiger partial charge in [-0.25, -0.2) is 0 Å². The molecule has 1 saturated carbocycles. The minimum absolute atomic E-state index is 0.0963. The van der Waals surface area contributed by atoms with Gasteiger partial charge in [-0.05, 0) is 88.4 Å². The van der Waals surface area contributed by atoms with Crippen molar-refractivity contribution in [2.24, 2.45) is 10.8 Å². The summed E-state index contributed by atoms with van der Waals surface area (Å²) in [4.78, 5) is 39.6. The van der Waals surface area contributed by atoms with E-state index in [1.807, 2.05) is 63.2 Å². The molecule has 1 aliphatic carbocycles. The van der Waals surface area contributed by atoms with Gasteiger partial charge in [-0.2, -0.15) is 0 Å². The first-order chi connectivity index (χ1) is 14.4. The highest BCUT2D eigenvalue weighted by atomic mass is 16.5. The minimum atomic E-state index is -1.20. The van der Waals surface area contributed by atoms with E-state index in [1.165, 1.54) is 0 Å². The van der Waals surface area contributed by atoms with Crippen LogP contribution in [0.2, 0.25) is 0 Å². The Bertz CT molecular complexity index is 996. The minimum Gasteiger partial charge on any atom is -0.491 e. The Kier molecular flexibility index (Phi) is 5.96. The normalized spacial score (nSPS) is 18.5. The van der Waals surface area contributed by atoms with Crippen LogP contribution in [0.25, 0.3) is 11.1 Å². The van der Waals surface area contributed by atoms with Crippen molar-refractivity contribution in [2.45, 2.75) is 66.9 Å². The van der Waals surface area contributed by atoms with E-state index >= 15 is 0 Å². The van der Waals surface area contributed by atoms with E-state index in [9.17, 15) is 14.4 Å². The molecule has 0 heterocycles. The molecule has 0 N–H and O–H groups in total. The van der Waals surface area contributed by atoms with Gasteiger partial charge < -0.3 is 4.74 Å². The van der Waals surface area contributed by atoms with Crippen molar-refractivity contribution in [2.75, 3.05) is 0 Å². The third kappa shape index (κ3) is 3.96. The number of benzene rings is 2. The first-order valence-corrected chi connectivity index (χ1v) is 10.9. The van der Waals surface area contributed by atoms with Crippen molar-refractivity contribution in [3.05, 3.63) is 53.6 Å². The first kappa shape index (κ1) is 22.9. The maximum atomic E-state index is 13.4. The van der Waals surface area contributed by atoms with Gasteiger partial charge in [0.15, 0.2) is 17.3 Å². The molecule has 164 valence electrons. The van der Waals surface area contributed by atoms with Crippen LogP contribution in [0.1, 0.15) is 65.5 Å². The summed E-state index contributed by atoms with van der Waals surface area (Å²) in [6.07, 6.45) is 0.793. The quantitative estimate of drug-likeness (QED) is 0.594. The van der Waals surface area contributed by atoms with Gasteiger partial charge in [0.1, 0.15) is 11.7 Å². The average Bonchev–Trinajstić information content (AvgIpc) is 2.72. The highest BCUT2D eigenvalue weighted by Crippen LogP contribution is 2.45. The molecule has 4 nitrogen and oxygen atoms in total. The van der Waals surface area contributed by atoms with E-state index in [1.54, 1.807) is 27.7 Å². The van der Waals surface area contributed by atoms with Crippen LogP contribution < -0.4 is 4.74 Å². The lowest BCUT2D eigenvalue weighted by Crippen LogP contribution is -2.56. The van der Waals surface area contributed by atoms with Crippen molar-refractivity contribution in [1.82, 2.24) is 0 Å². The molecule has 2 aromatic rings. The number of carbonyl (C=O) groups excluding carboxylic acids is 3. The number of rotatable bonds is 5. The lowest BCUT2D eigenvalue weighted by molar-refractivity contribution is -0.157. The molecule has 4 heteroatoms. The topological polar surface area (TPSA) is 60.4 Å². The summed E-state index contributed by atoms with van der Waals surface area (Å²) < 4.78 is 5.72. The summed E-state index contributed by atoms with van der Waals surface area (Å²) in [6.45, 7) is 12.5. The summed E-state index contributed by atoms with van der Waals surface area (Å²) in [5, 5.41) is 0. The number of Topliss-reactive ketones (excluding diaryl/α,β-unsaturated/α-hetero) is 3. The second-order valence-electron chi connectivity index (χ2n) is 9.70. The zero-order valence-electron chi connectivity index (χ0n) is 19.5. The van der Waals surface area contributed by atoms with Crippen molar-refractivity contribution in [3.8, 4) is 16.9 Å². The summed E-state index contributed by atoms with van der Waals surface area (Å²) in [7, 11) is 0. The predicted molar refractivity (Wildman–Crippen MR) is 122 cm³/mol. The zero-order valence-corrected chi connectivity index (χ0v) is 19.5. The van der Waals surface area contributed by atoms with Gasteiger partial charge in [-0.15, -0.1) is 0 Å². The largest absolute Gasteiger partial charge is 0.491 e. The molecule has 0 spiro atoms. The number of hydrogen-bond acceptors (Lipinski definition) is 4. The van der Waals surface area contributed by atoms with Gasteiger partial charge in [0, 0.05) is 0 Å². The van der Waals surface area contributed by atoms with Crippen molar-refractivity contribution >= 4 is 17.3 Å². The summed E-state index contributed by atoms with van der Waals surface area (Å²) in [5.41, 5.74) is 1.18. The smallest absolute Gasteiger partial charge is 0.160 e. The number of ether oxygens (including phenoxy) is 1. The molecule has 0 bridgehead atoms. The van der Waals surface area contributed by atoms with E-state index in [2.05, 4.69) is 0 Å². The summed E-state index contributed by atoms with van der Waals surface area (Å²) in [5.74, 6) is -1.06. The van der Waals surface area contributed by atoms with Gasteiger partial charge >= 0.3 is 0 Å². The van der Waals surface area contributed by atoms with E-state index in [0.29, 0.717) is 12.0 Å². The fourth-order valence-corrected chi connectivity index (χ4v) is 4.49. The Balaban J connectivity index is 2.10. The molecule has 2 aromatic carbocycles. The average molecular weight is 421 g/mol. The standard InChI is InChI=1S/C27H32O4/c1-8-17-9-10-19(18-11-13-20(14-12-18)31-16(2)3)15-21(17)22-23(28)26(4,5)25(30)27(6,7)24(22)29/h9-16,22H,8H2,1-7H3. The Morgan fingerprint density at radius 1 is 0.839 bits per heavy atom. The van der Waals surface area contributed by atoms with Crippen molar-refractivity contribution in [1.29, 1.82) is 0 Å². The molecule has 0 aromatic heterocycles. The van der Waals surface area contributed by atoms with Crippen LogP contribution in [0, 0.1) is 10.8 Å². The third-order valence-electron chi connectivity index (χ3n) is 6.29.